The Morgan fingerprint density at radius 2 is 1.69 bits per heavy atom. The molecule has 1 fully saturated rings. The van der Waals surface area contributed by atoms with E-state index >= 15 is 0 Å². The van der Waals surface area contributed by atoms with Gasteiger partial charge in [0, 0.05) is 37.9 Å². The van der Waals surface area contributed by atoms with Gasteiger partial charge in [-0.1, -0.05) is 6.07 Å². The molecule has 3 aromatic rings. The Labute approximate surface area is 182 Å². The largest absolute Gasteiger partial charge is 0.453 e. The Bertz CT molecular complexity index is 1300. The third-order valence-corrected chi connectivity index (χ3v) is 7.84. The molecule has 0 amide bonds. The van der Waals surface area contributed by atoms with E-state index in [0.717, 1.165) is 29.3 Å². The third kappa shape index (κ3) is 3.60. The van der Waals surface area contributed by atoms with Crippen LogP contribution in [0.15, 0.2) is 29.2 Å². The Morgan fingerprint density at radius 1 is 0.969 bits per heavy atom. The van der Waals surface area contributed by atoms with E-state index in [4.69, 9.17) is 0 Å². The second-order valence-corrected chi connectivity index (χ2v) is 10.0. The van der Waals surface area contributed by atoms with Crippen molar-refractivity contribution in [1.29, 1.82) is 0 Å². The van der Waals surface area contributed by atoms with Crippen molar-refractivity contribution in [2.75, 3.05) is 31.1 Å². The molecule has 0 radical (unpaired) electrons. The maximum atomic E-state index is 13.2. The highest BCUT2D eigenvalue weighted by atomic mass is 32.2. The van der Waals surface area contributed by atoms with Crippen LogP contribution in [0.3, 0.4) is 0 Å². The Kier molecular flexibility index (Phi) is 4.89. The van der Waals surface area contributed by atoms with Crippen molar-refractivity contribution in [2.45, 2.75) is 37.3 Å². The van der Waals surface area contributed by atoms with Crippen LogP contribution in [0.25, 0.3) is 5.78 Å². The van der Waals surface area contributed by atoms with Crippen LogP contribution in [-0.2, 0) is 29.0 Å². The Hall–Kier alpha value is -2.73. The summed E-state index contributed by atoms with van der Waals surface area (Å²) in [6.07, 6.45) is -1.77. The average Bonchev–Trinajstić information content (AvgIpc) is 3.39. The van der Waals surface area contributed by atoms with Crippen LogP contribution < -0.4 is 4.90 Å². The second-order valence-electron chi connectivity index (χ2n) is 8.08. The van der Waals surface area contributed by atoms with Gasteiger partial charge in [0.25, 0.3) is 11.6 Å². The van der Waals surface area contributed by atoms with Gasteiger partial charge in [0.05, 0.1) is 4.90 Å². The molecule has 1 aliphatic carbocycles. The molecule has 12 heteroatoms. The molecule has 0 bridgehead atoms. The minimum atomic E-state index is -4.68. The second kappa shape index (κ2) is 7.41. The van der Waals surface area contributed by atoms with Crippen molar-refractivity contribution in [1.82, 2.24) is 23.9 Å². The number of sulfonamides is 1. The summed E-state index contributed by atoms with van der Waals surface area (Å²) >= 11 is 0. The van der Waals surface area contributed by atoms with Gasteiger partial charge < -0.3 is 4.90 Å². The molecule has 0 N–H and O–H groups in total. The molecule has 2 aliphatic rings. The van der Waals surface area contributed by atoms with Crippen molar-refractivity contribution in [3.8, 4) is 0 Å². The highest BCUT2D eigenvalue weighted by molar-refractivity contribution is 7.89. The first-order valence-corrected chi connectivity index (χ1v) is 11.8. The van der Waals surface area contributed by atoms with E-state index in [-0.39, 0.29) is 18.9 Å². The van der Waals surface area contributed by atoms with Crippen molar-refractivity contribution < 1.29 is 21.6 Å². The summed E-state index contributed by atoms with van der Waals surface area (Å²) < 4.78 is 68.0. The van der Waals surface area contributed by atoms with Crippen LogP contribution >= 0.6 is 0 Å². The lowest BCUT2D eigenvalue weighted by molar-refractivity contribution is -0.144. The molecule has 0 saturated carbocycles. The van der Waals surface area contributed by atoms with Gasteiger partial charge in [-0.25, -0.2) is 13.4 Å². The number of aromatic nitrogens is 4. The van der Waals surface area contributed by atoms with Crippen molar-refractivity contribution in [3.63, 3.8) is 0 Å². The number of anilines is 1. The maximum absolute atomic E-state index is 13.2. The van der Waals surface area contributed by atoms with Crippen LogP contribution in [0, 0.1) is 6.92 Å². The maximum Gasteiger partial charge on any atom is 0.453 e. The predicted octanol–water partition coefficient (Wildman–Crippen LogP) is 2.45. The molecular weight excluding hydrogens is 445 g/mol. The summed E-state index contributed by atoms with van der Waals surface area (Å²) in [7, 11) is -3.64. The molecule has 2 aromatic heterocycles. The SMILES string of the molecule is Cc1cc(N2CCN(S(=O)(=O)c3ccc4c(c3)CCC4)CC2)n2nc(C(F)(F)F)nc2n1. The van der Waals surface area contributed by atoms with Gasteiger partial charge in [0.2, 0.25) is 10.0 Å². The molecule has 32 heavy (non-hydrogen) atoms. The summed E-state index contributed by atoms with van der Waals surface area (Å²) in [5.41, 5.74) is 2.80. The molecule has 3 heterocycles. The summed E-state index contributed by atoms with van der Waals surface area (Å²) in [5, 5.41) is 3.59. The van der Waals surface area contributed by atoms with E-state index in [1.54, 1.807) is 25.1 Å². The number of hydrogen-bond donors (Lipinski definition) is 0. The van der Waals surface area contributed by atoms with E-state index in [2.05, 4.69) is 15.1 Å². The third-order valence-electron chi connectivity index (χ3n) is 5.95. The number of halogens is 3. The molecule has 1 saturated heterocycles. The average molecular weight is 466 g/mol. The first-order chi connectivity index (χ1) is 15.1. The normalized spacial score (nSPS) is 17.8. The predicted molar refractivity (Wildman–Crippen MR) is 110 cm³/mol. The zero-order chi connectivity index (χ0) is 22.7. The lowest BCUT2D eigenvalue weighted by atomic mass is 10.1. The zero-order valence-electron chi connectivity index (χ0n) is 17.3. The smallest absolute Gasteiger partial charge is 0.354 e. The molecule has 170 valence electrons. The van der Waals surface area contributed by atoms with Gasteiger partial charge in [0.15, 0.2) is 0 Å². The number of piperazine rings is 1. The molecular formula is C20H21F3N6O2S. The molecule has 0 unspecified atom stereocenters. The fraction of sp³-hybridized carbons (Fsp3) is 0.450. The van der Waals surface area contributed by atoms with E-state index in [1.807, 2.05) is 11.0 Å². The summed E-state index contributed by atoms with van der Waals surface area (Å²) in [6, 6.07) is 6.96. The minimum absolute atomic E-state index is 0.138. The standard InChI is InChI=1S/C20H21F3N6O2S/c1-13-11-17(29-19(24-13)25-18(26-29)20(21,22)23)27-7-9-28(10-8-27)32(30,31)16-6-5-14-3-2-4-15(14)12-16/h5-6,11-12H,2-4,7-10H2,1H3. The highest BCUT2D eigenvalue weighted by Gasteiger charge is 2.37. The number of aryl methyl sites for hydroxylation is 3. The lowest BCUT2D eigenvalue weighted by Crippen LogP contribution is -2.49. The summed E-state index contributed by atoms with van der Waals surface area (Å²) in [5.74, 6) is -0.986. The van der Waals surface area contributed by atoms with Crippen LogP contribution in [0.1, 0.15) is 29.1 Å². The number of benzene rings is 1. The molecule has 0 atom stereocenters. The van der Waals surface area contributed by atoms with E-state index in [1.165, 1.54) is 9.87 Å². The van der Waals surface area contributed by atoms with Gasteiger partial charge in [-0.3, -0.25) is 0 Å². The summed E-state index contributed by atoms with van der Waals surface area (Å²) in [6.45, 7) is 2.71. The van der Waals surface area contributed by atoms with Gasteiger partial charge in [0.1, 0.15) is 5.82 Å². The number of alkyl halides is 3. The molecule has 5 rings (SSSR count). The fourth-order valence-electron chi connectivity index (χ4n) is 4.33. The number of nitrogens with zero attached hydrogens (tertiary/aromatic N) is 6. The molecule has 8 nitrogen and oxygen atoms in total. The van der Waals surface area contributed by atoms with Gasteiger partial charge in [-0.05, 0) is 49.4 Å². The number of rotatable bonds is 3. The molecule has 1 aliphatic heterocycles. The van der Waals surface area contributed by atoms with Gasteiger partial charge in [-0.15, -0.1) is 5.10 Å². The van der Waals surface area contributed by atoms with Crippen LogP contribution in [0.4, 0.5) is 19.0 Å². The molecule has 1 aromatic carbocycles. The quantitative estimate of drug-likeness (QED) is 0.590. The van der Waals surface area contributed by atoms with E-state index in [9.17, 15) is 21.6 Å². The van der Waals surface area contributed by atoms with Crippen molar-refractivity contribution in [3.05, 3.63) is 46.9 Å². The number of fused-ring (bicyclic) bond motifs is 2. The van der Waals surface area contributed by atoms with Crippen LogP contribution in [-0.4, -0.2) is 58.5 Å². The van der Waals surface area contributed by atoms with Gasteiger partial charge in [-0.2, -0.15) is 27.0 Å². The topological polar surface area (TPSA) is 83.7 Å². The van der Waals surface area contributed by atoms with E-state index in [0.29, 0.717) is 29.5 Å². The fourth-order valence-corrected chi connectivity index (χ4v) is 5.80. The first kappa shape index (κ1) is 21.1. The minimum Gasteiger partial charge on any atom is -0.354 e. The van der Waals surface area contributed by atoms with Crippen molar-refractivity contribution >= 4 is 21.6 Å². The Morgan fingerprint density at radius 3 is 2.41 bits per heavy atom. The zero-order valence-corrected chi connectivity index (χ0v) is 18.1. The molecule has 0 spiro atoms. The first-order valence-electron chi connectivity index (χ1n) is 10.3. The monoisotopic (exact) mass is 466 g/mol. The lowest BCUT2D eigenvalue weighted by Gasteiger charge is -2.35. The van der Waals surface area contributed by atoms with Crippen molar-refractivity contribution in [2.24, 2.45) is 0 Å². The van der Waals surface area contributed by atoms with E-state index < -0.39 is 22.0 Å². The summed E-state index contributed by atoms with van der Waals surface area (Å²) in [4.78, 5) is 9.65. The van der Waals surface area contributed by atoms with Crippen LogP contribution in [0.2, 0.25) is 0 Å². The number of hydrogen-bond acceptors (Lipinski definition) is 6. The Balaban J connectivity index is 1.39. The van der Waals surface area contributed by atoms with Gasteiger partial charge >= 0.3 is 6.18 Å². The highest BCUT2D eigenvalue weighted by Crippen LogP contribution is 2.29. The van der Waals surface area contributed by atoms with Crippen LogP contribution in [0.5, 0.6) is 0 Å².